The van der Waals surface area contributed by atoms with E-state index in [1.807, 2.05) is 20.9 Å². The molecule has 0 amide bonds. The first-order valence-corrected chi connectivity index (χ1v) is 6.62. The predicted octanol–water partition coefficient (Wildman–Crippen LogP) is 1.78. The van der Waals surface area contributed by atoms with E-state index in [9.17, 15) is 0 Å². The monoisotopic (exact) mass is 274 g/mol. The fourth-order valence-electron chi connectivity index (χ4n) is 2.10. The van der Waals surface area contributed by atoms with Crippen LogP contribution in [0.3, 0.4) is 0 Å². The second kappa shape index (κ2) is 4.75. The van der Waals surface area contributed by atoms with Gasteiger partial charge in [0.05, 0.1) is 5.69 Å². The number of aromatic nitrogens is 4. The fourth-order valence-corrected chi connectivity index (χ4v) is 2.10. The lowest BCUT2D eigenvalue weighted by Gasteiger charge is -2.08. The van der Waals surface area contributed by atoms with Gasteiger partial charge in [-0.3, -0.25) is 4.68 Å². The van der Waals surface area contributed by atoms with Crippen molar-refractivity contribution in [1.82, 2.24) is 19.7 Å². The Morgan fingerprint density at radius 2 is 2.10 bits per heavy atom. The number of hydrogen-bond donors (Lipinski definition) is 2. The van der Waals surface area contributed by atoms with E-state index >= 15 is 0 Å². The SMILES string of the molecule is Cc1nn(C)c(C)c1Oc1cc(NN)nc(C2CC2)n1. The second-order valence-corrected chi connectivity index (χ2v) is 5.09. The Hall–Kier alpha value is -2.15. The summed E-state index contributed by atoms with van der Waals surface area (Å²) >= 11 is 0. The molecule has 0 spiro atoms. The highest BCUT2D eigenvalue weighted by molar-refractivity contribution is 5.41. The summed E-state index contributed by atoms with van der Waals surface area (Å²) in [6.07, 6.45) is 2.25. The molecule has 0 aliphatic heterocycles. The van der Waals surface area contributed by atoms with Crippen molar-refractivity contribution in [3.63, 3.8) is 0 Å². The summed E-state index contributed by atoms with van der Waals surface area (Å²) in [5.41, 5.74) is 4.35. The van der Waals surface area contributed by atoms with Crippen LogP contribution in [0.5, 0.6) is 11.6 Å². The van der Waals surface area contributed by atoms with Crippen LogP contribution < -0.4 is 16.0 Å². The molecule has 1 aliphatic rings. The zero-order valence-electron chi connectivity index (χ0n) is 11.8. The summed E-state index contributed by atoms with van der Waals surface area (Å²) in [7, 11) is 1.89. The lowest BCUT2D eigenvalue weighted by molar-refractivity contribution is 0.451. The van der Waals surface area contributed by atoms with Crippen molar-refractivity contribution in [2.24, 2.45) is 12.9 Å². The average molecular weight is 274 g/mol. The fraction of sp³-hybridized carbons (Fsp3) is 0.462. The molecule has 7 nitrogen and oxygen atoms in total. The molecule has 106 valence electrons. The molecule has 0 bridgehead atoms. The highest BCUT2D eigenvalue weighted by Gasteiger charge is 2.28. The van der Waals surface area contributed by atoms with Gasteiger partial charge in [0, 0.05) is 19.0 Å². The number of nitrogen functional groups attached to an aromatic ring is 1. The molecule has 0 aromatic carbocycles. The summed E-state index contributed by atoms with van der Waals surface area (Å²) in [6.45, 7) is 3.87. The maximum Gasteiger partial charge on any atom is 0.224 e. The molecule has 2 heterocycles. The number of hydrazine groups is 1. The molecule has 0 radical (unpaired) electrons. The van der Waals surface area contributed by atoms with Crippen molar-refractivity contribution >= 4 is 5.82 Å². The summed E-state index contributed by atoms with van der Waals surface area (Å²) in [5.74, 6) is 8.46. The summed E-state index contributed by atoms with van der Waals surface area (Å²) < 4.78 is 7.68. The molecule has 20 heavy (non-hydrogen) atoms. The van der Waals surface area contributed by atoms with Gasteiger partial charge >= 0.3 is 0 Å². The van der Waals surface area contributed by atoms with Crippen LogP contribution in [0.25, 0.3) is 0 Å². The molecule has 2 aromatic heterocycles. The van der Waals surface area contributed by atoms with Crippen LogP contribution in [-0.2, 0) is 7.05 Å². The van der Waals surface area contributed by atoms with Gasteiger partial charge < -0.3 is 10.2 Å². The second-order valence-electron chi connectivity index (χ2n) is 5.09. The number of nitrogens with two attached hydrogens (primary N) is 1. The third-order valence-corrected chi connectivity index (χ3v) is 3.46. The van der Waals surface area contributed by atoms with E-state index in [2.05, 4.69) is 20.5 Å². The highest BCUT2D eigenvalue weighted by Crippen LogP contribution is 2.39. The molecule has 0 atom stereocenters. The number of nitrogens with one attached hydrogen (secondary N) is 1. The minimum absolute atomic E-state index is 0.432. The third-order valence-electron chi connectivity index (χ3n) is 3.46. The molecule has 3 rings (SSSR count). The molecular formula is C13H18N6O. The minimum atomic E-state index is 0.432. The van der Waals surface area contributed by atoms with Gasteiger partial charge in [0.1, 0.15) is 17.3 Å². The number of rotatable bonds is 4. The summed E-state index contributed by atoms with van der Waals surface area (Å²) in [6, 6.07) is 1.69. The number of hydrogen-bond acceptors (Lipinski definition) is 6. The van der Waals surface area contributed by atoms with Gasteiger partial charge in [-0.05, 0) is 26.7 Å². The molecule has 1 fully saturated rings. The molecule has 7 heteroatoms. The van der Waals surface area contributed by atoms with Crippen LogP contribution in [0.2, 0.25) is 0 Å². The number of anilines is 1. The maximum absolute atomic E-state index is 5.89. The number of ether oxygens (including phenoxy) is 1. The summed E-state index contributed by atoms with van der Waals surface area (Å²) in [5, 5.41) is 4.33. The topological polar surface area (TPSA) is 90.9 Å². The van der Waals surface area contributed by atoms with Gasteiger partial charge in [0.25, 0.3) is 0 Å². The van der Waals surface area contributed by atoms with E-state index in [-0.39, 0.29) is 0 Å². The number of aryl methyl sites for hydroxylation is 2. The van der Waals surface area contributed by atoms with E-state index in [4.69, 9.17) is 10.6 Å². The number of nitrogens with zero attached hydrogens (tertiary/aromatic N) is 4. The Labute approximate surface area is 117 Å². The normalized spacial score (nSPS) is 14.4. The van der Waals surface area contributed by atoms with Crippen molar-refractivity contribution in [2.45, 2.75) is 32.6 Å². The molecule has 2 aromatic rings. The minimum Gasteiger partial charge on any atom is -0.435 e. The van der Waals surface area contributed by atoms with Gasteiger partial charge in [0.15, 0.2) is 5.75 Å². The molecular weight excluding hydrogens is 256 g/mol. The van der Waals surface area contributed by atoms with Crippen LogP contribution in [0.15, 0.2) is 6.07 Å². The predicted molar refractivity (Wildman–Crippen MR) is 74.6 cm³/mol. The van der Waals surface area contributed by atoms with E-state index in [1.54, 1.807) is 10.7 Å². The van der Waals surface area contributed by atoms with Crippen molar-refractivity contribution in [2.75, 3.05) is 5.43 Å². The van der Waals surface area contributed by atoms with Crippen LogP contribution >= 0.6 is 0 Å². The average Bonchev–Trinajstić information content (AvgIpc) is 3.24. The van der Waals surface area contributed by atoms with E-state index in [0.717, 1.165) is 35.8 Å². The quantitative estimate of drug-likeness (QED) is 0.652. The van der Waals surface area contributed by atoms with Crippen LogP contribution in [0.4, 0.5) is 5.82 Å². The summed E-state index contributed by atoms with van der Waals surface area (Å²) in [4.78, 5) is 8.82. The highest BCUT2D eigenvalue weighted by atomic mass is 16.5. The van der Waals surface area contributed by atoms with E-state index < -0.39 is 0 Å². The van der Waals surface area contributed by atoms with Gasteiger partial charge in [0.2, 0.25) is 5.88 Å². The van der Waals surface area contributed by atoms with E-state index in [0.29, 0.717) is 17.6 Å². The molecule has 3 N–H and O–H groups in total. The zero-order valence-corrected chi connectivity index (χ0v) is 11.8. The first-order chi connectivity index (χ1) is 9.58. The molecule has 1 aliphatic carbocycles. The maximum atomic E-state index is 5.89. The lowest BCUT2D eigenvalue weighted by Crippen LogP contribution is -2.10. The first-order valence-electron chi connectivity index (χ1n) is 6.62. The van der Waals surface area contributed by atoms with E-state index in [1.165, 1.54) is 0 Å². The van der Waals surface area contributed by atoms with Crippen molar-refractivity contribution in [3.8, 4) is 11.6 Å². The lowest BCUT2D eigenvalue weighted by atomic mass is 10.3. The van der Waals surface area contributed by atoms with Crippen LogP contribution in [-0.4, -0.2) is 19.7 Å². The first kappa shape index (κ1) is 12.9. The Kier molecular flexibility index (Phi) is 3.06. The molecule has 0 unspecified atom stereocenters. The largest absolute Gasteiger partial charge is 0.435 e. The Morgan fingerprint density at radius 1 is 1.35 bits per heavy atom. The Morgan fingerprint density at radius 3 is 2.65 bits per heavy atom. The van der Waals surface area contributed by atoms with Gasteiger partial charge in [-0.15, -0.1) is 0 Å². The van der Waals surface area contributed by atoms with Crippen LogP contribution in [0.1, 0.15) is 36.0 Å². The molecule has 1 saturated carbocycles. The standard InChI is InChI=1S/C13H18N6O/c1-7-12(8(2)19(3)18-7)20-11-6-10(17-14)15-13(16-11)9-4-5-9/h6,9H,4-5,14H2,1-3H3,(H,15,16,17). The zero-order chi connectivity index (χ0) is 14.3. The van der Waals surface area contributed by atoms with Gasteiger partial charge in [-0.2, -0.15) is 10.1 Å². The van der Waals surface area contributed by atoms with Gasteiger partial charge in [-0.25, -0.2) is 10.8 Å². The Bertz CT molecular complexity index is 647. The van der Waals surface area contributed by atoms with Crippen molar-refractivity contribution < 1.29 is 4.74 Å². The third kappa shape index (κ3) is 2.32. The smallest absolute Gasteiger partial charge is 0.224 e. The Balaban J connectivity index is 1.95. The van der Waals surface area contributed by atoms with Gasteiger partial charge in [-0.1, -0.05) is 0 Å². The van der Waals surface area contributed by atoms with Crippen LogP contribution in [0, 0.1) is 13.8 Å². The molecule has 0 saturated heterocycles. The van der Waals surface area contributed by atoms with Crippen molar-refractivity contribution in [1.29, 1.82) is 0 Å². The van der Waals surface area contributed by atoms with Crippen molar-refractivity contribution in [3.05, 3.63) is 23.3 Å².